The van der Waals surface area contributed by atoms with Crippen LogP contribution >= 0.6 is 0 Å². The molecule has 2 fully saturated rings. The number of hydrogen-bond acceptors (Lipinski definition) is 5. The van der Waals surface area contributed by atoms with E-state index >= 15 is 0 Å². The number of morpholine rings is 1. The molecule has 1 amide bonds. The highest BCUT2D eigenvalue weighted by Gasteiger charge is 2.27. The third-order valence-electron chi connectivity index (χ3n) is 8.03. The number of esters is 1. The molecule has 0 aromatic heterocycles. The van der Waals surface area contributed by atoms with Crippen molar-refractivity contribution < 1.29 is 19.1 Å². The summed E-state index contributed by atoms with van der Waals surface area (Å²) < 4.78 is 10.3. The highest BCUT2D eigenvalue weighted by Crippen LogP contribution is 2.29. The Morgan fingerprint density at radius 1 is 1.00 bits per heavy atom. The molecule has 1 heterocycles. The zero-order valence-electron chi connectivity index (χ0n) is 23.7. The van der Waals surface area contributed by atoms with Crippen LogP contribution in [0.2, 0.25) is 0 Å². The topological polar surface area (TPSA) is 59.1 Å². The van der Waals surface area contributed by atoms with E-state index in [-0.39, 0.29) is 17.8 Å². The van der Waals surface area contributed by atoms with Gasteiger partial charge in [-0.3, -0.25) is 4.79 Å². The highest BCUT2D eigenvalue weighted by atomic mass is 16.5. The van der Waals surface area contributed by atoms with Crippen LogP contribution in [0.25, 0.3) is 5.57 Å². The van der Waals surface area contributed by atoms with Gasteiger partial charge in [0, 0.05) is 43.0 Å². The minimum Gasteiger partial charge on any atom is -0.466 e. The Balaban J connectivity index is 1.35. The van der Waals surface area contributed by atoms with E-state index in [1.807, 2.05) is 36.1 Å². The molecule has 6 nitrogen and oxygen atoms in total. The molecule has 1 saturated heterocycles. The molecule has 0 bridgehead atoms. The summed E-state index contributed by atoms with van der Waals surface area (Å²) >= 11 is 0. The van der Waals surface area contributed by atoms with E-state index in [9.17, 15) is 9.59 Å². The lowest BCUT2D eigenvalue weighted by Crippen LogP contribution is -2.38. The number of amides is 1. The normalized spacial score (nSPS) is 16.7. The van der Waals surface area contributed by atoms with E-state index in [0.29, 0.717) is 6.54 Å². The fourth-order valence-electron chi connectivity index (χ4n) is 5.65. The molecule has 1 saturated carbocycles. The molecule has 210 valence electrons. The lowest BCUT2D eigenvalue weighted by Gasteiger charge is -2.30. The van der Waals surface area contributed by atoms with E-state index in [1.165, 1.54) is 30.9 Å². The number of rotatable bonds is 11. The van der Waals surface area contributed by atoms with Crippen molar-refractivity contribution in [1.29, 1.82) is 0 Å². The summed E-state index contributed by atoms with van der Waals surface area (Å²) in [7, 11) is 1.38. The van der Waals surface area contributed by atoms with Crippen LogP contribution < -0.4 is 9.80 Å². The fourth-order valence-corrected chi connectivity index (χ4v) is 5.65. The summed E-state index contributed by atoms with van der Waals surface area (Å²) in [4.78, 5) is 29.8. The van der Waals surface area contributed by atoms with Crippen molar-refractivity contribution in [2.75, 3.05) is 49.8 Å². The molecule has 0 atom stereocenters. The zero-order chi connectivity index (χ0) is 27.5. The predicted octanol–water partition coefficient (Wildman–Crippen LogP) is 6.43. The Hall–Kier alpha value is -3.12. The lowest BCUT2D eigenvalue weighted by atomic mass is 9.88. The van der Waals surface area contributed by atoms with E-state index < -0.39 is 0 Å². The Morgan fingerprint density at radius 2 is 1.74 bits per heavy atom. The number of carbonyl (C=O) groups excluding carboxylic acids is 2. The van der Waals surface area contributed by atoms with Crippen LogP contribution in [0.5, 0.6) is 0 Å². The van der Waals surface area contributed by atoms with E-state index in [4.69, 9.17) is 9.47 Å². The molecule has 2 aromatic carbocycles. The Bertz CT molecular complexity index is 1100. The third-order valence-corrected chi connectivity index (χ3v) is 8.03. The fraction of sp³-hybridized carbons (Fsp3) is 0.515. The first-order chi connectivity index (χ1) is 19.0. The number of allylic oxidation sites excluding steroid dienone is 1. The van der Waals surface area contributed by atoms with Gasteiger partial charge in [-0.1, -0.05) is 49.9 Å². The van der Waals surface area contributed by atoms with Gasteiger partial charge in [-0.25, -0.2) is 4.79 Å². The number of ether oxygens (including phenoxy) is 2. The minimum atomic E-state index is -0.372. The molecule has 2 aromatic rings. The average Bonchev–Trinajstić information content (AvgIpc) is 3.00. The maximum Gasteiger partial charge on any atom is 0.330 e. The van der Waals surface area contributed by atoms with Crippen LogP contribution in [-0.4, -0.2) is 51.8 Å². The first-order valence-electron chi connectivity index (χ1n) is 14.6. The van der Waals surface area contributed by atoms with Gasteiger partial charge >= 0.3 is 5.97 Å². The number of unbranched alkanes of at least 4 members (excludes halogenated alkanes) is 2. The number of carbonyl (C=O) groups is 2. The molecule has 39 heavy (non-hydrogen) atoms. The quantitative estimate of drug-likeness (QED) is 0.190. The maximum atomic E-state index is 13.7. The monoisotopic (exact) mass is 532 g/mol. The van der Waals surface area contributed by atoms with Gasteiger partial charge in [-0.15, -0.1) is 0 Å². The summed E-state index contributed by atoms with van der Waals surface area (Å²) in [6.45, 7) is 6.14. The molecule has 0 unspecified atom stereocenters. The van der Waals surface area contributed by atoms with Crippen LogP contribution in [-0.2, 0) is 25.5 Å². The molecule has 2 aliphatic rings. The van der Waals surface area contributed by atoms with Crippen molar-refractivity contribution in [3.63, 3.8) is 0 Å². The van der Waals surface area contributed by atoms with Crippen LogP contribution in [0, 0.1) is 5.92 Å². The number of benzene rings is 2. The molecule has 0 N–H and O–H groups in total. The summed E-state index contributed by atoms with van der Waals surface area (Å²) in [5.74, 6) is -0.0111. The highest BCUT2D eigenvalue weighted by molar-refractivity contribution is 5.96. The summed E-state index contributed by atoms with van der Waals surface area (Å²) in [5.41, 5.74) is 5.31. The van der Waals surface area contributed by atoms with Gasteiger partial charge < -0.3 is 19.3 Å². The smallest absolute Gasteiger partial charge is 0.330 e. The third kappa shape index (κ3) is 8.43. The SMILES string of the molecule is COC(=O)/C=C(\C)c1cccc(N(CCCCCc2ccc(N3CCOCC3)cc2)C(=O)C2CCCCC2)c1. The molecule has 1 aliphatic heterocycles. The molecule has 4 rings (SSSR count). The molecule has 6 heteroatoms. The molecule has 0 radical (unpaired) electrons. The van der Waals surface area contributed by atoms with Gasteiger partial charge in [0.15, 0.2) is 0 Å². The lowest BCUT2D eigenvalue weighted by molar-refractivity contribution is -0.134. The second-order valence-electron chi connectivity index (χ2n) is 10.8. The van der Waals surface area contributed by atoms with Crippen molar-refractivity contribution in [2.45, 2.75) is 64.7 Å². The second-order valence-corrected chi connectivity index (χ2v) is 10.8. The Morgan fingerprint density at radius 3 is 2.46 bits per heavy atom. The van der Waals surface area contributed by atoms with Gasteiger partial charge in [0.2, 0.25) is 5.91 Å². The van der Waals surface area contributed by atoms with Gasteiger partial charge in [-0.05, 0) is 80.0 Å². The van der Waals surface area contributed by atoms with Gasteiger partial charge in [0.1, 0.15) is 0 Å². The predicted molar refractivity (Wildman–Crippen MR) is 158 cm³/mol. The van der Waals surface area contributed by atoms with E-state index in [1.54, 1.807) is 0 Å². The van der Waals surface area contributed by atoms with Crippen LogP contribution in [0.4, 0.5) is 11.4 Å². The van der Waals surface area contributed by atoms with Crippen molar-refractivity contribution in [1.82, 2.24) is 0 Å². The summed E-state index contributed by atoms with van der Waals surface area (Å²) in [5, 5.41) is 0. The second kappa shape index (κ2) is 14.9. The van der Waals surface area contributed by atoms with Crippen molar-refractivity contribution >= 4 is 28.8 Å². The van der Waals surface area contributed by atoms with Crippen molar-refractivity contribution in [3.05, 3.63) is 65.7 Å². The van der Waals surface area contributed by atoms with Crippen molar-refractivity contribution in [3.8, 4) is 0 Å². The average molecular weight is 533 g/mol. The number of aryl methyl sites for hydroxylation is 1. The number of anilines is 2. The van der Waals surface area contributed by atoms with Crippen molar-refractivity contribution in [2.24, 2.45) is 5.92 Å². The number of nitrogens with zero attached hydrogens (tertiary/aromatic N) is 2. The van der Waals surface area contributed by atoms with Gasteiger partial charge in [0.25, 0.3) is 0 Å². The first-order valence-corrected chi connectivity index (χ1v) is 14.6. The van der Waals surface area contributed by atoms with E-state index in [0.717, 1.165) is 94.5 Å². The van der Waals surface area contributed by atoms with Crippen LogP contribution in [0.1, 0.15) is 69.4 Å². The van der Waals surface area contributed by atoms with Gasteiger partial charge in [0.05, 0.1) is 20.3 Å². The molecular weight excluding hydrogens is 488 g/mol. The molecule has 1 aliphatic carbocycles. The summed E-state index contributed by atoms with van der Waals surface area (Å²) in [6, 6.07) is 17.0. The summed E-state index contributed by atoms with van der Waals surface area (Å²) in [6.07, 6.45) is 11.1. The molecule has 0 spiro atoms. The first kappa shape index (κ1) is 28.9. The number of hydrogen-bond donors (Lipinski definition) is 0. The molecular formula is C33H44N2O4. The Labute approximate surface area is 234 Å². The van der Waals surface area contributed by atoms with E-state index in [2.05, 4.69) is 29.2 Å². The standard InChI is InChI=1S/C33H44N2O4/c1-26(24-32(36)38-2)29-13-9-14-31(25-29)35(33(37)28-11-6-3-7-12-28)19-8-4-5-10-27-15-17-30(18-16-27)34-20-22-39-23-21-34/h9,13-18,24-25,28H,3-8,10-12,19-23H2,1-2H3/b26-24+. The maximum absolute atomic E-state index is 13.7. The largest absolute Gasteiger partial charge is 0.466 e. The number of methoxy groups -OCH3 is 1. The van der Waals surface area contributed by atoms with Crippen LogP contribution in [0.3, 0.4) is 0 Å². The van der Waals surface area contributed by atoms with Crippen LogP contribution in [0.15, 0.2) is 54.6 Å². The zero-order valence-corrected chi connectivity index (χ0v) is 23.7. The minimum absolute atomic E-state index is 0.110. The Kier molecular flexibility index (Phi) is 11.0. The van der Waals surface area contributed by atoms with Gasteiger partial charge in [-0.2, -0.15) is 0 Å².